The number of aryl methyl sites for hydroxylation is 1. The summed E-state index contributed by atoms with van der Waals surface area (Å²) in [6.07, 6.45) is 0. The number of rotatable bonds is 7. The highest BCUT2D eigenvalue weighted by molar-refractivity contribution is 8.00. The first-order chi connectivity index (χ1) is 14.8. The summed E-state index contributed by atoms with van der Waals surface area (Å²) in [5, 5.41) is 14.5. The molecule has 0 spiro atoms. The van der Waals surface area contributed by atoms with Gasteiger partial charge in [-0.15, -0.1) is 11.8 Å². The number of halogens is 1. The molecule has 8 heteroatoms. The summed E-state index contributed by atoms with van der Waals surface area (Å²) < 4.78 is 13.0. The molecule has 0 aliphatic heterocycles. The van der Waals surface area contributed by atoms with Crippen molar-refractivity contribution in [1.29, 1.82) is 0 Å². The standard InChI is InChI=1S/C23H19FN2O4S/c1-14-2-3-16(23(29)30)12-20(14)26-21(27)13-31-19-10-8-18(9-11-19)25-22(28)15-4-6-17(24)7-5-15/h2-12H,13H2,1H3,(H,25,28)(H,26,27)(H,29,30). The van der Waals surface area contributed by atoms with E-state index in [2.05, 4.69) is 10.6 Å². The average molecular weight is 438 g/mol. The van der Waals surface area contributed by atoms with Crippen LogP contribution >= 0.6 is 11.8 Å². The van der Waals surface area contributed by atoms with Crippen molar-refractivity contribution in [1.82, 2.24) is 0 Å². The number of amides is 2. The second kappa shape index (κ2) is 9.90. The Morgan fingerprint density at radius 1 is 0.903 bits per heavy atom. The van der Waals surface area contributed by atoms with Crippen LogP contribution in [0.4, 0.5) is 15.8 Å². The number of hydrogen-bond donors (Lipinski definition) is 3. The maximum Gasteiger partial charge on any atom is 0.335 e. The van der Waals surface area contributed by atoms with Gasteiger partial charge in [-0.1, -0.05) is 6.07 Å². The van der Waals surface area contributed by atoms with Crippen LogP contribution in [0.25, 0.3) is 0 Å². The molecule has 158 valence electrons. The molecule has 0 aliphatic rings. The lowest BCUT2D eigenvalue weighted by Crippen LogP contribution is -2.15. The zero-order chi connectivity index (χ0) is 22.4. The first-order valence-corrected chi connectivity index (χ1v) is 10.2. The van der Waals surface area contributed by atoms with Gasteiger partial charge in [-0.25, -0.2) is 9.18 Å². The third-order valence-electron chi connectivity index (χ3n) is 4.35. The third-order valence-corrected chi connectivity index (χ3v) is 5.36. The number of aromatic carboxylic acids is 1. The Morgan fingerprint density at radius 2 is 1.55 bits per heavy atom. The lowest BCUT2D eigenvalue weighted by Gasteiger charge is -2.10. The molecule has 0 aromatic heterocycles. The Balaban J connectivity index is 1.54. The van der Waals surface area contributed by atoms with Gasteiger partial charge in [-0.3, -0.25) is 9.59 Å². The van der Waals surface area contributed by atoms with Gasteiger partial charge in [-0.05, 0) is 73.2 Å². The van der Waals surface area contributed by atoms with Crippen LogP contribution in [0.15, 0.2) is 71.6 Å². The number of carboxylic acid groups (broad SMARTS) is 1. The van der Waals surface area contributed by atoms with Crippen molar-refractivity contribution in [3.63, 3.8) is 0 Å². The second-order valence-electron chi connectivity index (χ2n) is 6.66. The van der Waals surface area contributed by atoms with Crippen molar-refractivity contribution < 1.29 is 23.9 Å². The third kappa shape index (κ3) is 6.16. The van der Waals surface area contributed by atoms with Crippen LogP contribution in [0.2, 0.25) is 0 Å². The van der Waals surface area contributed by atoms with E-state index in [0.29, 0.717) is 16.9 Å². The maximum atomic E-state index is 13.0. The van der Waals surface area contributed by atoms with Crippen LogP contribution in [0.3, 0.4) is 0 Å². The highest BCUT2D eigenvalue weighted by Gasteiger charge is 2.10. The molecule has 0 fully saturated rings. The molecule has 0 aliphatic carbocycles. The molecule has 0 heterocycles. The summed E-state index contributed by atoms with van der Waals surface area (Å²) in [6.45, 7) is 1.79. The van der Waals surface area contributed by atoms with E-state index < -0.39 is 11.8 Å². The summed E-state index contributed by atoms with van der Waals surface area (Å²) in [7, 11) is 0. The monoisotopic (exact) mass is 438 g/mol. The highest BCUT2D eigenvalue weighted by Crippen LogP contribution is 2.22. The van der Waals surface area contributed by atoms with Crippen LogP contribution in [-0.4, -0.2) is 28.6 Å². The Morgan fingerprint density at radius 3 is 2.19 bits per heavy atom. The smallest absolute Gasteiger partial charge is 0.335 e. The van der Waals surface area contributed by atoms with Crippen LogP contribution in [0.1, 0.15) is 26.3 Å². The zero-order valence-electron chi connectivity index (χ0n) is 16.5. The fourth-order valence-electron chi connectivity index (χ4n) is 2.66. The second-order valence-corrected chi connectivity index (χ2v) is 7.71. The summed E-state index contributed by atoms with van der Waals surface area (Å²) in [5.41, 5.74) is 2.25. The van der Waals surface area contributed by atoms with Crippen LogP contribution < -0.4 is 10.6 Å². The van der Waals surface area contributed by atoms with E-state index in [1.807, 2.05) is 0 Å². The van der Waals surface area contributed by atoms with E-state index in [9.17, 15) is 18.8 Å². The minimum Gasteiger partial charge on any atom is -0.478 e. The van der Waals surface area contributed by atoms with Crippen LogP contribution in [-0.2, 0) is 4.79 Å². The lowest BCUT2D eigenvalue weighted by molar-refractivity contribution is -0.113. The van der Waals surface area contributed by atoms with Gasteiger partial charge >= 0.3 is 5.97 Å². The summed E-state index contributed by atoms with van der Waals surface area (Å²) in [6, 6.07) is 16.8. The molecule has 0 atom stereocenters. The van der Waals surface area contributed by atoms with E-state index in [1.165, 1.54) is 48.2 Å². The molecule has 0 bridgehead atoms. The Labute approximate surface area is 182 Å². The molecule has 31 heavy (non-hydrogen) atoms. The number of thioether (sulfide) groups is 1. The van der Waals surface area contributed by atoms with Gasteiger partial charge in [0.2, 0.25) is 5.91 Å². The topological polar surface area (TPSA) is 95.5 Å². The molecule has 0 unspecified atom stereocenters. The summed E-state index contributed by atoms with van der Waals surface area (Å²) in [5.74, 6) is -1.94. The van der Waals surface area contributed by atoms with Gasteiger partial charge in [0.15, 0.2) is 0 Å². The van der Waals surface area contributed by atoms with Crippen molar-refractivity contribution in [2.24, 2.45) is 0 Å². The van der Waals surface area contributed by atoms with Crippen molar-refractivity contribution in [3.05, 3.63) is 89.2 Å². The molecule has 6 nitrogen and oxygen atoms in total. The van der Waals surface area contributed by atoms with E-state index in [-0.39, 0.29) is 23.1 Å². The molecule has 0 saturated carbocycles. The number of nitrogens with one attached hydrogen (secondary N) is 2. The van der Waals surface area contributed by atoms with Crippen LogP contribution in [0, 0.1) is 12.7 Å². The van der Waals surface area contributed by atoms with E-state index >= 15 is 0 Å². The predicted molar refractivity (Wildman–Crippen MR) is 118 cm³/mol. The Kier molecular flexibility index (Phi) is 7.04. The van der Waals surface area contributed by atoms with Crippen molar-refractivity contribution in [3.8, 4) is 0 Å². The van der Waals surface area contributed by atoms with Crippen molar-refractivity contribution in [2.45, 2.75) is 11.8 Å². The summed E-state index contributed by atoms with van der Waals surface area (Å²) in [4.78, 5) is 36.3. The largest absolute Gasteiger partial charge is 0.478 e. The molecule has 3 aromatic rings. The van der Waals surface area contributed by atoms with Gasteiger partial charge in [0.25, 0.3) is 5.91 Å². The van der Waals surface area contributed by atoms with E-state index in [4.69, 9.17) is 5.11 Å². The molecule has 2 amide bonds. The maximum absolute atomic E-state index is 13.0. The Bertz CT molecular complexity index is 1120. The highest BCUT2D eigenvalue weighted by atomic mass is 32.2. The van der Waals surface area contributed by atoms with Gasteiger partial charge in [-0.2, -0.15) is 0 Å². The predicted octanol–water partition coefficient (Wildman–Crippen LogP) is 4.82. The molecular formula is C23H19FN2O4S. The minimum absolute atomic E-state index is 0.104. The van der Waals surface area contributed by atoms with Gasteiger partial charge in [0.1, 0.15) is 5.82 Å². The molecule has 3 rings (SSSR count). The SMILES string of the molecule is Cc1ccc(C(=O)O)cc1NC(=O)CSc1ccc(NC(=O)c2ccc(F)cc2)cc1. The number of benzene rings is 3. The zero-order valence-corrected chi connectivity index (χ0v) is 17.3. The number of anilines is 2. The number of hydrogen-bond acceptors (Lipinski definition) is 4. The first kappa shape index (κ1) is 22.0. The molecular weight excluding hydrogens is 419 g/mol. The molecule has 3 N–H and O–H groups in total. The number of carboxylic acids is 1. The van der Waals surface area contributed by atoms with Crippen LogP contribution in [0.5, 0.6) is 0 Å². The number of carbonyl (C=O) groups is 3. The first-order valence-electron chi connectivity index (χ1n) is 9.25. The Hall–Kier alpha value is -3.65. The molecule has 0 saturated heterocycles. The van der Waals surface area contributed by atoms with Gasteiger partial charge in [0.05, 0.1) is 11.3 Å². The average Bonchev–Trinajstić information content (AvgIpc) is 2.75. The minimum atomic E-state index is -1.06. The summed E-state index contributed by atoms with van der Waals surface area (Å²) >= 11 is 1.31. The molecule has 0 radical (unpaired) electrons. The lowest BCUT2D eigenvalue weighted by atomic mass is 10.1. The molecule has 3 aromatic carbocycles. The fraction of sp³-hybridized carbons (Fsp3) is 0.0870. The normalized spacial score (nSPS) is 10.4. The van der Waals surface area contributed by atoms with Crippen molar-refractivity contribution >= 4 is 40.9 Å². The van der Waals surface area contributed by atoms with Gasteiger partial charge in [0, 0.05) is 21.8 Å². The van der Waals surface area contributed by atoms with E-state index in [0.717, 1.165) is 10.5 Å². The van der Waals surface area contributed by atoms with Gasteiger partial charge < -0.3 is 15.7 Å². The van der Waals surface area contributed by atoms with E-state index in [1.54, 1.807) is 37.3 Å². The van der Waals surface area contributed by atoms with Crippen molar-refractivity contribution in [2.75, 3.05) is 16.4 Å². The quantitative estimate of drug-likeness (QED) is 0.460. The fourth-order valence-corrected chi connectivity index (χ4v) is 3.36. The number of carbonyl (C=O) groups excluding carboxylic acids is 2.